The number of nitrogens with one attached hydrogen (secondary N) is 2. The SMILES string of the molecule is CCC1CCCCC1Nc1cc(OC)ccc1NC(=O)OC(C)(C)C. The molecule has 0 spiro atoms. The first kappa shape index (κ1) is 19.4. The van der Waals surface area contributed by atoms with Gasteiger partial charge in [0.05, 0.1) is 18.5 Å². The Morgan fingerprint density at radius 1 is 1.20 bits per heavy atom. The highest BCUT2D eigenvalue weighted by Crippen LogP contribution is 2.34. The average molecular weight is 348 g/mol. The number of hydrogen-bond acceptors (Lipinski definition) is 4. The van der Waals surface area contributed by atoms with Crippen molar-refractivity contribution in [2.45, 2.75) is 71.4 Å². The summed E-state index contributed by atoms with van der Waals surface area (Å²) in [5.41, 5.74) is 1.08. The van der Waals surface area contributed by atoms with Crippen LogP contribution in [-0.2, 0) is 4.74 Å². The zero-order valence-corrected chi connectivity index (χ0v) is 16.1. The number of amides is 1. The Labute approximate surface area is 151 Å². The van der Waals surface area contributed by atoms with Gasteiger partial charge in [-0.15, -0.1) is 0 Å². The molecule has 0 aliphatic heterocycles. The van der Waals surface area contributed by atoms with Gasteiger partial charge in [-0.25, -0.2) is 4.79 Å². The summed E-state index contributed by atoms with van der Waals surface area (Å²) < 4.78 is 10.7. The molecular formula is C20H32N2O3. The van der Waals surface area contributed by atoms with Crippen LogP contribution in [0.1, 0.15) is 59.8 Å². The van der Waals surface area contributed by atoms with Gasteiger partial charge in [0.25, 0.3) is 0 Å². The number of benzene rings is 1. The number of ether oxygens (including phenoxy) is 2. The largest absolute Gasteiger partial charge is 0.497 e. The summed E-state index contributed by atoms with van der Waals surface area (Å²) in [6.07, 6.45) is 5.67. The molecule has 1 amide bonds. The molecular weight excluding hydrogens is 316 g/mol. The summed E-state index contributed by atoms with van der Waals surface area (Å²) in [6, 6.07) is 6.06. The second-order valence-corrected chi connectivity index (χ2v) is 7.74. The summed E-state index contributed by atoms with van der Waals surface area (Å²) in [6.45, 7) is 7.81. The van der Waals surface area contributed by atoms with Crippen molar-refractivity contribution in [1.82, 2.24) is 0 Å². The number of anilines is 2. The Kier molecular flexibility index (Phi) is 6.57. The average Bonchev–Trinajstić information content (AvgIpc) is 2.55. The molecule has 1 saturated carbocycles. The highest BCUT2D eigenvalue weighted by atomic mass is 16.6. The van der Waals surface area contributed by atoms with Crippen molar-refractivity contribution in [3.63, 3.8) is 0 Å². The van der Waals surface area contributed by atoms with E-state index in [4.69, 9.17) is 9.47 Å². The maximum atomic E-state index is 12.2. The van der Waals surface area contributed by atoms with Gasteiger partial charge in [-0.3, -0.25) is 5.32 Å². The fraction of sp³-hybridized carbons (Fsp3) is 0.650. The molecule has 2 rings (SSSR count). The van der Waals surface area contributed by atoms with E-state index < -0.39 is 11.7 Å². The Balaban J connectivity index is 2.18. The molecule has 1 fully saturated rings. The molecule has 0 heterocycles. The van der Waals surface area contributed by atoms with E-state index in [1.165, 1.54) is 19.3 Å². The van der Waals surface area contributed by atoms with Crippen LogP contribution >= 0.6 is 0 Å². The summed E-state index contributed by atoms with van der Waals surface area (Å²) in [7, 11) is 1.65. The van der Waals surface area contributed by atoms with Gasteiger partial charge in [-0.05, 0) is 51.7 Å². The fourth-order valence-electron chi connectivity index (χ4n) is 3.38. The minimum atomic E-state index is -0.527. The first-order valence-corrected chi connectivity index (χ1v) is 9.27. The van der Waals surface area contributed by atoms with Gasteiger partial charge in [-0.1, -0.05) is 26.2 Å². The Morgan fingerprint density at radius 2 is 1.92 bits per heavy atom. The summed E-state index contributed by atoms with van der Waals surface area (Å²) >= 11 is 0. The van der Waals surface area contributed by atoms with Gasteiger partial charge in [0.15, 0.2) is 0 Å². The third kappa shape index (κ3) is 5.83. The van der Waals surface area contributed by atoms with Crippen molar-refractivity contribution in [2.75, 3.05) is 17.7 Å². The van der Waals surface area contributed by atoms with Crippen LogP contribution in [0.25, 0.3) is 0 Å². The van der Waals surface area contributed by atoms with E-state index in [-0.39, 0.29) is 0 Å². The second kappa shape index (κ2) is 8.45. The van der Waals surface area contributed by atoms with E-state index in [9.17, 15) is 4.79 Å². The number of methoxy groups -OCH3 is 1. The number of carbonyl (C=O) groups is 1. The lowest BCUT2D eigenvalue weighted by atomic mass is 9.83. The molecule has 0 bridgehead atoms. The zero-order chi connectivity index (χ0) is 18.4. The summed E-state index contributed by atoms with van der Waals surface area (Å²) in [5.74, 6) is 1.43. The summed E-state index contributed by atoms with van der Waals surface area (Å²) in [4.78, 5) is 12.2. The Bertz CT molecular complexity index is 581. The molecule has 2 unspecified atom stereocenters. The molecule has 25 heavy (non-hydrogen) atoms. The number of carbonyl (C=O) groups excluding carboxylic acids is 1. The Morgan fingerprint density at radius 3 is 2.56 bits per heavy atom. The van der Waals surface area contributed by atoms with Crippen LogP contribution in [0.2, 0.25) is 0 Å². The lowest BCUT2D eigenvalue weighted by Gasteiger charge is -2.33. The molecule has 5 heteroatoms. The second-order valence-electron chi connectivity index (χ2n) is 7.74. The molecule has 140 valence electrons. The van der Waals surface area contributed by atoms with Crippen LogP contribution in [0.15, 0.2) is 18.2 Å². The van der Waals surface area contributed by atoms with Crippen LogP contribution in [-0.4, -0.2) is 24.8 Å². The van der Waals surface area contributed by atoms with E-state index in [2.05, 4.69) is 17.6 Å². The lowest BCUT2D eigenvalue weighted by Crippen LogP contribution is -2.32. The van der Waals surface area contributed by atoms with Crippen LogP contribution in [0.5, 0.6) is 5.75 Å². The Hall–Kier alpha value is -1.91. The topological polar surface area (TPSA) is 59.6 Å². The van der Waals surface area contributed by atoms with Gasteiger partial charge in [0, 0.05) is 12.1 Å². The minimum Gasteiger partial charge on any atom is -0.497 e. The molecule has 0 aromatic heterocycles. The molecule has 2 N–H and O–H groups in total. The maximum Gasteiger partial charge on any atom is 0.412 e. The van der Waals surface area contributed by atoms with Crippen molar-refractivity contribution < 1.29 is 14.3 Å². The minimum absolute atomic E-state index is 0.421. The smallest absolute Gasteiger partial charge is 0.412 e. The third-order valence-corrected chi connectivity index (χ3v) is 4.64. The first-order chi connectivity index (χ1) is 11.8. The molecule has 1 aliphatic rings. The van der Waals surface area contributed by atoms with Crippen molar-refractivity contribution in [1.29, 1.82) is 0 Å². The van der Waals surface area contributed by atoms with E-state index in [1.807, 2.05) is 39.0 Å². The van der Waals surface area contributed by atoms with Crippen molar-refractivity contribution in [3.05, 3.63) is 18.2 Å². The monoisotopic (exact) mass is 348 g/mol. The maximum absolute atomic E-state index is 12.2. The number of rotatable bonds is 5. The zero-order valence-electron chi connectivity index (χ0n) is 16.1. The highest BCUT2D eigenvalue weighted by molar-refractivity contribution is 5.90. The van der Waals surface area contributed by atoms with Gasteiger partial charge in [0.2, 0.25) is 0 Å². The van der Waals surface area contributed by atoms with Gasteiger partial charge < -0.3 is 14.8 Å². The van der Waals surface area contributed by atoms with Crippen molar-refractivity contribution in [3.8, 4) is 5.75 Å². The van der Waals surface area contributed by atoms with E-state index in [1.54, 1.807) is 7.11 Å². The van der Waals surface area contributed by atoms with E-state index in [0.717, 1.165) is 30.0 Å². The first-order valence-electron chi connectivity index (χ1n) is 9.27. The van der Waals surface area contributed by atoms with Gasteiger partial charge in [0.1, 0.15) is 11.4 Å². The van der Waals surface area contributed by atoms with E-state index in [0.29, 0.717) is 12.0 Å². The van der Waals surface area contributed by atoms with Crippen LogP contribution < -0.4 is 15.4 Å². The molecule has 0 radical (unpaired) electrons. The molecule has 1 aliphatic carbocycles. The molecule has 1 aromatic rings. The summed E-state index contributed by atoms with van der Waals surface area (Å²) in [5, 5.41) is 6.50. The molecule has 5 nitrogen and oxygen atoms in total. The predicted molar refractivity (Wildman–Crippen MR) is 103 cm³/mol. The molecule has 0 saturated heterocycles. The number of hydrogen-bond donors (Lipinski definition) is 2. The van der Waals surface area contributed by atoms with Crippen LogP contribution in [0.4, 0.5) is 16.2 Å². The van der Waals surface area contributed by atoms with Gasteiger partial charge >= 0.3 is 6.09 Å². The van der Waals surface area contributed by atoms with Crippen molar-refractivity contribution >= 4 is 17.5 Å². The molecule has 2 atom stereocenters. The third-order valence-electron chi connectivity index (χ3n) is 4.64. The highest BCUT2D eigenvalue weighted by Gasteiger charge is 2.25. The molecule has 1 aromatic carbocycles. The van der Waals surface area contributed by atoms with Crippen LogP contribution in [0, 0.1) is 5.92 Å². The fourth-order valence-corrected chi connectivity index (χ4v) is 3.38. The quantitative estimate of drug-likeness (QED) is 0.745. The van der Waals surface area contributed by atoms with Crippen LogP contribution in [0.3, 0.4) is 0 Å². The van der Waals surface area contributed by atoms with Crippen molar-refractivity contribution in [2.24, 2.45) is 5.92 Å². The van der Waals surface area contributed by atoms with E-state index >= 15 is 0 Å². The van der Waals surface area contributed by atoms with Gasteiger partial charge in [-0.2, -0.15) is 0 Å². The predicted octanol–water partition coefficient (Wildman–Crippen LogP) is 5.42. The standard InChI is InChI=1S/C20H32N2O3/c1-6-14-9-7-8-10-16(14)21-18-13-15(24-5)11-12-17(18)22-19(23)25-20(2,3)4/h11-14,16,21H,6-10H2,1-5H3,(H,22,23). The normalized spacial score (nSPS) is 20.7. The lowest BCUT2D eigenvalue weighted by molar-refractivity contribution is 0.0636.